The minimum absolute atomic E-state index is 0.221. The summed E-state index contributed by atoms with van der Waals surface area (Å²) in [4.78, 5) is 16.1. The number of ether oxygens (including phenoxy) is 1. The summed E-state index contributed by atoms with van der Waals surface area (Å²) in [5, 5.41) is 2.64. The van der Waals surface area contributed by atoms with Crippen LogP contribution in [0.25, 0.3) is 0 Å². The maximum atomic E-state index is 13.2. The number of carbonyl (C=O) groups excluding carboxylic acids is 1. The Morgan fingerprint density at radius 1 is 1.40 bits per heavy atom. The number of pyridine rings is 1. The van der Waals surface area contributed by atoms with Gasteiger partial charge in [-0.25, -0.2) is 9.37 Å². The predicted octanol–water partition coefficient (Wildman–Crippen LogP) is 3.63. The molecule has 1 N–H and O–H groups in total. The van der Waals surface area contributed by atoms with Gasteiger partial charge in [-0.2, -0.15) is 0 Å². The van der Waals surface area contributed by atoms with E-state index in [4.69, 9.17) is 4.74 Å². The number of carbonyl (C=O) groups is 1. The average molecular weight is 339 g/mol. The summed E-state index contributed by atoms with van der Waals surface area (Å²) in [6, 6.07) is 7.25. The second kappa shape index (κ2) is 6.47. The number of rotatable bonds is 4. The van der Waals surface area contributed by atoms with Crippen LogP contribution in [0.15, 0.2) is 41.0 Å². The smallest absolute Gasteiger partial charge is 0.256 e. The molecule has 0 radical (unpaired) electrons. The third-order valence-corrected chi connectivity index (χ3v) is 3.15. The fourth-order valence-electron chi connectivity index (χ4n) is 1.56. The molecule has 20 heavy (non-hydrogen) atoms. The monoisotopic (exact) mass is 338 g/mol. The molecule has 0 fully saturated rings. The number of anilines is 1. The molecule has 1 aromatic heterocycles. The maximum Gasteiger partial charge on any atom is 0.256 e. The second-order valence-electron chi connectivity index (χ2n) is 3.90. The van der Waals surface area contributed by atoms with Crippen molar-refractivity contribution in [2.24, 2.45) is 0 Å². The first-order valence-corrected chi connectivity index (χ1v) is 6.74. The van der Waals surface area contributed by atoms with E-state index in [1.807, 2.05) is 6.92 Å². The Labute approximate surface area is 124 Å². The van der Waals surface area contributed by atoms with Crippen LogP contribution in [0.5, 0.6) is 5.88 Å². The van der Waals surface area contributed by atoms with Gasteiger partial charge in [-0.05, 0) is 47.1 Å². The van der Waals surface area contributed by atoms with E-state index in [1.165, 1.54) is 24.4 Å². The number of hydrogen-bond acceptors (Lipinski definition) is 3. The molecule has 2 rings (SSSR count). The van der Waals surface area contributed by atoms with Gasteiger partial charge in [0.05, 0.1) is 24.1 Å². The number of amides is 1. The van der Waals surface area contributed by atoms with E-state index in [1.54, 1.807) is 12.1 Å². The van der Waals surface area contributed by atoms with Gasteiger partial charge in [0.1, 0.15) is 5.82 Å². The quantitative estimate of drug-likeness (QED) is 0.925. The minimum atomic E-state index is -0.469. The second-order valence-corrected chi connectivity index (χ2v) is 4.75. The van der Waals surface area contributed by atoms with Gasteiger partial charge >= 0.3 is 0 Å². The number of halogens is 2. The van der Waals surface area contributed by atoms with Crippen molar-refractivity contribution in [1.29, 1.82) is 0 Å². The molecule has 1 aromatic carbocycles. The van der Waals surface area contributed by atoms with Gasteiger partial charge in [0.2, 0.25) is 5.88 Å². The van der Waals surface area contributed by atoms with Crippen LogP contribution >= 0.6 is 15.9 Å². The molecule has 2 aromatic rings. The van der Waals surface area contributed by atoms with Crippen molar-refractivity contribution in [1.82, 2.24) is 4.98 Å². The SMILES string of the molecule is CCOc1ccc(NC(=O)c2cc(F)ccc2Br)cn1. The zero-order valence-corrected chi connectivity index (χ0v) is 12.3. The van der Waals surface area contributed by atoms with Crippen molar-refractivity contribution in [3.05, 3.63) is 52.4 Å². The van der Waals surface area contributed by atoms with E-state index < -0.39 is 11.7 Å². The van der Waals surface area contributed by atoms with Crippen LogP contribution in [0.1, 0.15) is 17.3 Å². The molecule has 0 atom stereocenters. The lowest BCUT2D eigenvalue weighted by molar-refractivity contribution is 0.102. The summed E-state index contributed by atoms with van der Waals surface area (Å²) in [6.45, 7) is 2.38. The van der Waals surface area contributed by atoms with Crippen LogP contribution in [-0.2, 0) is 0 Å². The molecule has 0 saturated heterocycles. The lowest BCUT2D eigenvalue weighted by Crippen LogP contribution is -2.13. The van der Waals surface area contributed by atoms with Crippen molar-refractivity contribution in [3.63, 3.8) is 0 Å². The Hall–Kier alpha value is -1.95. The van der Waals surface area contributed by atoms with E-state index in [0.717, 1.165) is 0 Å². The van der Waals surface area contributed by atoms with Crippen LogP contribution < -0.4 is 10.1 Å². The van der Waals surface area contributed by atoms with Crippen molar-refractivity contribution in [3.8, 4) is 5.88 Å². The Morgan fingerprint density at radius 2 is 2.20 bits per heavy atom. The minimum Gasteiger partial charge on any atom is -0.478 e. The van der Waals surface area contributed by atoms with Crippen LogP contribution in [0, 0.1) is 5.82 Å². The van der Waals surface area contributed by atoms with E-state index >= 15 is 0 Å². The number of nitrogens with zero attached hydrogens (tertiary/aromatic N) is 1. The Kier molecular flexibility index (Phi) is 4.68. The number of hydrogen-bond donors (Lipinski definition) is 1. The molecule has 0 aliphatic heterocycles. The van der Waals surface area contributed by atoms with E-state index in [9.17, 15) is 9.18 Å². The summed E-state index contributed by atoms with van der Waals surface area (Å²) >= 11 is 3.21. The van der Waals surface area contributed by atoms with Crippen molar-refractivity contribution < 1.29 is 13.9 Å². The van der Waals surface area contributed by atoms with Crippen molar-refractivity contribution in [2.45, 2.75) is 6.92 Å². The normalized spacial score (nSPS) is 10.2. The molecule has 0 aliphatic rings. The fourth-order valence-corrected chi connectivity index (χ4v) is 1.98. The molecule has 4 nitrogen and oxygen atoms in total. The molecule has 104 valence electrons. The number of aromatic nitrogens is 1. The van der Waals surface area contributed by atoms with E-state index in [0.29, 0.717) is 22.6 Å². The first-order chi connectivity index (χ1) is 9.60. The molecule has 0 saturated carbocycles. The molecule has 0 unspecified atom stereocenters. The summed E-state index contributed by atoms with van der Waals surface area (Å²) in [7, 11) is 0. The first kappa shape index (κ1) is 14.5. The molecule has 1 heterocycles. The van der Waals surface area contributed by atoms with E-state index in [2.05, 4.69) is 26.2 Å². The molecule has 6 heteroatoms. The maximum absolute atomic E-state index is 13.2. The highest BCUT2D eigenvalue weighted by molar-refractivity contribution is 9.10. The average Bonchev–Trinajstić information content (AvgIpc) is 2.44. The Bertz CT molecular complexity index is 617. The molecular formula is C14H12BrFN2O2. The van der Waals surface area contributed by atoms with Gasteiger partial charge in [0.25, 0.3) is 5.91 Å². The lowest BCUT2D eigenvalue weighted by atomic mass is 10.2. The fraction of sp³-hybridized carbons (Fsp3) is 0.143. The first-order valence-electron chi connectivity index (χ1n) is 5.95. The van der Waals surface area contributed by atoms with E-state index in [-0.39, 0.29) is 5.56 Å². The summed E-state index contributed by atoms with van der Waals surface area (Å²) < 4.78 is 18.9. The van der Waals surface area contributed by atoms with Crippen molar-refractivity contribution in [2.75, 3.05) is 11.9 Å². The third kappa shape index (κ3) is 3.54. The van der Waals surface area contributed by atoms with Crippen LogP contribution in [0.2, 0.25) is 0 Å². The predicted molar refractivity (Wildman–Crippen MR) is 77.5 cm³/mol. The molecule has 0 spiro atoms. The third-order valence-electron chi connectivity index (χ3n) is 2.46. The summed E-state index contributed by atoms with van der Waals surface area (Å²) in [6.07, 6.45) is 1.48. The van der Waals surface area contributed by atoms with Crippen molar-refractivity contribution >= 4 is 27.5 Å². The van der Waals surface area contributed by atoms with Gasteiger partial charge in [0.15, 0.2) is 0 Å². The number of benzene rings is 1. The van der Waals surface area contributed by atoms with Gasteiger partial charge in [-0.3, -0.25) is 4.79 Å². The molecule has 1 amide bonds. The molecule has 0 aliphatic carbocycles. The largest absolute Gasteiger partial charge is 0.478 e. The van der Waals surface area contributed by atoms with Crippen LogP contribution in [-0.4, -0.2) is 17.5 Å². The highest BCUT2D eigenvalue weighted by Gasteiger charge is 2.11. The van der Waals surface area contributed by atoms with Gasteiger partial charge in [-0.1, -0.05) is 0 Å². The van der Waals surface area contributed by atoms with Gasteiger partial charge in [0, 0.05) is 10.5 Å². The summed E-state index contributed by atoms with van der Waals surface area (Å²) in [5.74, 6) is -0.400. The highest BCUT2D eigenvalue weighted by Crippen LogP contribution is 2.20. The van der Waals surface area contributed by atoms with Gasteiger partial charge < -0.3 is 10.1 Å². The lowest BCUT2D eigenvalue weighted by Gasteiger charge is -2.07. The number of nitrogens with one attached hydrogen (secondary N) is 1. The molecular weight excluding hydrogens is 327 g/mol. The highest BCUT2D eigenvalue weighted by atomic mass is 79.9. The topological polar surface area (TPSA) is 51.2 Å². The van der Waals surface area contributed by atoms with Crippen LogP contribution in [0.4, 0.5) is 10.1 Å². The Balaban J connectivity index is 2.13. The summed E-state index contributed by atoms with van der Waals surface area (Å²) in [5.41, 5.74) is 0.730. The standard InChI is InChI=1S/C14H12BrFN2O2/c1-2-20-13-6-4-10(8-17-13)18-14(19)11-7-9(16)3-5-12(11)15/h3-8H,2H2,1H3,(H,18,19). The Morgan fingerprint density at radius 3 is 2.85 bits per heavy atom. The van der Waals surface area contributed by atoms with Crippen LogP contribution in [0.3, 0.4) is 0 Å². The van der Waals surface area contributed by atoms with Gasteiger partial charge in [-0.15, -0.1) is 0 Å². The zero-order chi connectivity index (χ0) is 14.5. The molecule has 0 bridgehead atoms. The zero-order valence-electron chi connectivity index (χ0n) is 10.7.